The van der Waals surface area contributed by atoms with Crippen LogP contribution in [0.2, 0.25) is 0 Å². The molecule has 3 rings (SSSR count). The largest absolute Gasteiger partial charge is 0.314 e. The molecule has 11 heavy (non-hydrogen) atoms. The average molecular weight is 151 g/mol. The maximum Gasteiger partial charge on any atom is 0.0106 e. The van der Waals surface area contributed by atoms with E-state index in [0.29, 0.717) is 0 Å². The lowest BCUT2D eigenvalue weighted by atomic mass is 9.95. The van der Waals surface area contributed by atoms with Crippen molar-refractivity contribution in [3.63, 3.8) is 0 Å². The zero-order valence-corrected chi connectivity index (χ0v) is 7.65. The highest BCUT2D eigenvalue weighted by atomic mass is 15.2. The second-order valence-electron chi connectivity index (χ2n) is 4.73. The van der Waals surface area contributed by atoms with Crippen molar-refractivity contribution in [1.29, 1.82) is 0 Å². The van der Waals surface area contributed by atoms with Gasteiger partial charge in [-0.15, -0.1) is 0 Å². The molecule has 1 spiro atoms. The van der Waals surface area contributed by atoms with E-state index in [4.69, 9.17) is 0 Å². The highest BCUT2D eigenvalue weighted by molar-refractivity contribution is 5.54. The normalized spacial score (nSPS) is 64.6. The van der Waals surface area contributed by atoms with E-state index >= 15 is 0 Å². The molecule has 0 aromatic heterocycles. The van der Waals surface area contributed by atoms with Gasteiger partial charge in [-0.1, -0.05) is 13.8 Å². The summed E-state index contributed by atoms with van der Waals surface area (Å²) in [5, 5.41) is 3.58. The Hall–Kier alpha value is -0.0400. The van der Waals surface area contributed by atoms with Crippen molar-refractivity contribution < 1.29 is 0 Å². The molecule has 0 radical (unpaired) electrons. The monoisotopic (exact) mass is 151 g/mol. The van der Waals surface area contributed by atoms with E-state index in [1.165, 1.54) is 0 Å². The van der Waals surface area contributed by atoms with Crippen LogP contribution < -0.4 is 5.32 Å². The van der Waals surface area contributed by atoms with E-state index in [1.807, 2.05) is 0 Å². The Morgan fingerprint density at radius 1 is 1.64 bits per heavy atom. The van der Waals surface area contributed by atoms with Gasteiger partial charge in [0.05, 0.1) is 0 Å². The van der Waals surface area contributed by atoms with Crippen molar-refractivity contribution in [3.8, 4) is 0 Å². The van der Waals surface area contributed by atoms with Gasteiger partial charge < -0.3 is 5.32 Å². The van der Waals surface area contributed by atoms with Gasteiger partial charge in [0.15, 0.2) is 0 Å². The summed E-state index contributed by atoms with van der Waals surface area (Å²) in [5.74, 6) is 2.20. The van der Waals surface area contributed by atoms with Gasteiger partial charge in [0.25, 0.3) is 0 Å². The third kappa shape index (κ3) is 0.376. The second kappa shape index (κ2) is 1.39. The van der Waals surface area contributed by atoms with Gasteiger partial charge in [-0.05, 0) is 42.6 Å². The molecule has 62 valence electrons. The van der Waals surface area contributed by atoms with E-state index < -0.39 is 0 Å². The first kappa shape index (κ1) is 6.47. The lowest BCUT2D eigenvalue weighted by Gasteiger charge is -2.20. The number of fused-ring (bicyclic) bond motifs is 1. The molecular formula is C10H17N. The van der Waals surface area contributed by atoms with Gasteiger partial charge in [-0.2, -0.15) is 0 Å². The van der Waals surface area contributed by atoms with E-state index in [9.17, 15) is 0 Å². The Labute approximate surface area is 68.6 Å². The predicted octanol–water partition coefficient (Wildman–Crippen LogP) is 1.64. The smallest absolute Gasteiger partial charge is 0.0106 e. The highest BCUT2D eigenvalue weighted by Crippen LogP contribution is 3.09. The van der Waals surface area contributed by atoms with Crippen LogP contribution in [0.25, 0.3) is 0 Å². The Balaban J connectivity index is 1.74. The van der Waals surface area contributed by atoms with Crippen LogP contribution in [-0.4, -0.2) is 12.6 Å². The fraction of sp³-hybridized carbons (Fsp3) is 1.00. The van der Waals surface area contributed by atoms with Crippen molar-refractivity contribution in [2.45, 2.75) is 33.2 Å². The van der Waals surface area contributed by atoms with Crippen molar-refractivity contribution >= 4 is 0 Å². The molecule has 5 atom stereocenters. The molecule has 3 aliphatic carbocycles. The van der Waals surface area contributed by atoms with Crippen LogP contribution in [-0.2, 0) is 0 Å². The molecule has 0 saturated heterocycles. The topological polar surface area (TPSA) is 12.0 Å². The van der Waals surface area contributed by atoms with Crippen LogP contribution in [0, 0.1) is 22.7 Å². The minimum atomic E-state index is 0.793. The quantitative estimate of drug-likeness (QED) is 0.646. The molecule has 0 amide bonds. The Kier molecular flexibility index (Phi) is 0.820. The van der Waals surface area contributed by atoms with E-state index in [2.05, 4.69) is 26.1 Å². The van der Waals surface area contributed by atoms with Crippen molar-refractivity contribution in [2.24, 2.45) is 22.7 Å². The fourth-order valence-corrected chi connectivity index (χ4v) is 4.26. The molecule has 0 bridgehead atoms. The summed E-state index contributed by atoms with van der Waals surface area (Å²) in [7, 11) is 0. The van der Waals surface area contributed by atoms with Crippen LogP contribution in [0.3, 0.4) is 0 Å². The van der Waals surface area contributed by atoms with E-state index in [-0.39, 0.29) is 0 Å². The summed E-state index contributed by atoms with van der Waals surface area (Å²) in [6, 6.07) is 0.793. The third-order valence-corrected chi connectivity index (χ3v) is 4.94. The van der Waals surface area contributed by atoms with E-state index in [0.717, 1.165) is 35.3 Å². The fourth-order valence-electron chi connectivity index (χ4n) is 4.26. The van der Waals surface area contributed by atoms with Crippen LogP contribution in [0.15, 0.2) is 0 Å². The van der Waals surface area contributed by atoms with Gasteiger partial charge in [-0.3, -0.25) is 0 Å². The van der Waals surface area contributed by atoms with Crippen molar-refractivity contribution in [3.05, 3.63) is 0 Å². The van der Waals surface area contributed by atoms with Gasteiger partial charge in [0.2, 0.25) is 0 Å². The maximum absolute atomic E-state index is 3.58. The first-order valence-corrected chi connectivity index (χ1v) is 4.96. The lowest BCUT2D eigenvalue weighted by Crippen LogP contribution is -2.34. The van der Waals surface area contributed by atoms with Crippen LogP contribution in [0.4, 0.5) is 0 Å². The number of hydrogen-bond donors (Lipinski definition) is 1. The highest BCUT2D eigenvalue weighted by Gasteiger charge is 3.06. The Morgan fingerprint density at radius 2 is 2.36 bits per heavy atom. The molecule has 0 aliphatic heterocycles. The van der Waals surface area contributed by atoms with Crippen LogP contribution in [0.5, 0.6) is 0 Å². The van der Waals surface area contributed by atoms with Crippen LogP contribution in [0.1, 0.15) is 27.2 Å². The van der Waals surface area contributed by atoms with Crippen molar-refractivity contribution in [2.75, 3.05) is 6.54 Å². The third-order valence-electron chi connectivity index (χ3n) is 4.94. The molecule has 1 nitrogen and oxygen atoms in total. The van der Waals surface area contributed by atoms with Gasteiger partial charge >= 0.3 is 0 Å². The lowest BCUT2D eigenvalue weighted by molar-refractivity contribution is 0.344. The molecule has 1 heteroatoms. The van der Waals surface area contributed by atoms with Gasteiger partial charge in [0, 0.05) is 6.04 Å². The molecule has 3 fully saturated rings. The standard InChI is InChI=1S/C10H17N/c1-4-11-7(3)10-6(2)9(10)5-8(9)10/h6-8,11H,4-5H2,1-3H3. The number of rotatable bonds is 3. The molecule has 0 heterocycles. The van der Waals surface area contributed by atoms with Gasteiger partial charge in [0.1, 0.15) is 0 Å². The molecule has 0 aromatic carbocycles. The summed E-state index contributed by atoms with van der Waals surface area (Å²) in [6.07, 6.45) is 1.56. The molecule has 3 aliphatic rings. The first-order chi connectivity index (χ1) is 5.23. The Morgan fingerprint density at radius 3 is 2.64 bits per heavy atom. The second-order valence-corrected chi connectivity index (χ2v) is 4.73. The number of hydrogen-bond acceptors (Lipinski definition) is 1. The predicted molar refractivity (Wildman–Crippen MR) is 45.3 cm³/mol. The first-order valence-electron chi connectivity index (χ1n) is 4.96. The summed E-state index contributed by atoms with van der Waals surface area (Å²) in [4.78, 5) is 0. The SMILES string of the molecule is CCNC(C)C12C(C)C13CC32. The maximum atomic E-state index is 3.58. The molecular weight excluding hydrogens is 134 g/mol. The average Bonchev–Trinajstić information content (AvgIpc) is 2.77. The van der Waals surface area contributed by atoms with Crippen LogP contribution >= 0.6 is 0 Å². The summed E-state index contributed by atoms with van der Waals surface area (Å²) in [6.45, 7) is 8.16. The minimum absolute atomic E-state index is 0.793. The molecule has 0 aromatic rings. The summed E-state index contributed by atoms with van der Waals surface area (Å²) < 4.78 is 0. The van der Waals surface area contributed by atoms with E-state index in [1.54, 1.807) is 6.42 Å². The van der Waals surface area contributed by atoms with Crippen molar-refractivity contribution in [1.82, 2.24) is 5.32 Å². The summed E-state index contributed by atoms with van der Waals surface area (Å²) >= 11 is 0. The number of nitrogens with one attached hydrogen (secondary N) is 1. The summed E-state index contributed by atoms with van der Waals surface area (Å²) in [5.41, 5.74) is 1.71. The van der Waals surface area contributed by atoms with Gasteiger partial charge in [-0.25, -0.2) is 0 Å². The minimum Gasteiger partial charge on any atom is -0.314 e. The zero-order chi connectivity index (χ0) is 7.85. The molecule has 3 saturated carbocycles. The Bertz CT molecular complexity index is 225. The molecule has 5 unspecified atom stereocenters. The molecule has 1 N–H and O–H groups in total. The zero-order valence-electron chi connectivity index (χ0n) is 7.65.